The van der Waals surface area contributed by atoms with Crippen LogP contribution in [0.15, 0.2) is 30.3 Å². The Labute approximate surface area is 102 Å². The molecule has 0 bridgehead atoms. The Balaban J connectivity index is 2.13. The van der Waals surface area contributed by atoms with Crippen LogP contribution in [0.1, 0.15) is 13.8 Å². The molecule has 92 valence electrons. The molecule has 0 aromatic heterocycles. The van der Waals surface area contributed by atoms with Gasteiger partial charge in [0.1, 0.15) is 6.10 Å². The van der Waals surface area contributed by atoms with Gasteiger partial charge in [0, 0.05) is 18.3 Å². The number of benzene rings is 1. The zero-order valence-electron chi connectivity index (χ0n) is 10.2. The number of alkyl carbamates (subject to hydrolysis) is 1. The summed E-state index contributed by atoms with van der Waals surface area (Å²) in [5, 5.41) is 2.81. The van der Waals surface area contributed by atoms with E-state index in [0.717, 1.165) is 18.8 Å². The molecule has 2 atom stereocenters. The van der Waals surface area contributed by atoms with Gasteiger partial charge in [0.2, 0.25) is 0 Å². The van der Waals surface area contributed by atoms with Crippen molar-refractivity contribution >= 4 is 11.8 Å². The van der Waals surface area contributed by atoms with Crippen LogP contribution in [0.2, 0.25) is 0 Å². The minimum absolute atomic E-state index is 0.0789. The number of carbonyl (C=O) groups is 1. The van der Waals surface area contributed by atoms with E-state index in [2.05, 4.69) is 22.3 Å². The van der Waals surface area contributed by atoms with Crippen molar-refractivity contribution in [1.29, 1.82) is 0 Å². The number of nitrogens with one attached hydrogen (secondary N) is 1. The number of anilines is 1. The zero-order valence-corrected chi connectivity index (χ0v) is 10.2. The Morgan fingerprint density at radius 2 is 1.94 bits per heavy atom. The highest BCUT2D eigenvalue weighted by Gasteiger charge is 2.21. The minimum Gasteiger partial charge on any atom is -0.445 e. The van der Waals surface area contributed by atoms with E-state index in [1.54, 1.807) is 0 Å². The molecular weight excluding hydrogens is 216 g/mol. The van der Waals surface area contributed by atoms with Gasteiger partial charge in [0.15, 0.2) is 0 Å². The number of cyclic esters (lactones) is 1. The van der Waals surface area contributed by atoms with E-state index in [1.807, 2.05) is 32.0 Å². The van der Waals surface area contributed by atoms with Crippen LogP contribution < -0.4 is 10.2 Å². The molecule has 1 N–H and O–H groups in total. The Hall–Kier alpha value is -1.71. The summed E-state index contributed by atoms with van der Waals surface area (Å²) >= 11 is 0. The predicted molar refractivity (Wildman–Crippen MR) is 67.2 cm³/mol. The lowest BCUT2D eigenvalue weighted by Crippen LogP contribution is -2.49. The molecule has 0 aliphatic carbocycles. The van der Waals surface area contributed by atoms with Gasteiger partial charge >= 0.3 is 6.09 Å². The van der Waals surface area contributed by atoms with Crippen LogP contribution >= 0.6 is 0 Å². The lowest BCUT2D eigenvalue weighted by Gasteiger charge is -2.33. The first-order chi connectivity index (χ1) is 8.15. The molecule has 2 rings (SSSR count). The second-order valence-electron chi connectivity index (χ2n) is 4.50. The fraction of sp³-hybridized carbons (Fsp3) is 0.462. The molecule has 0 saturated carbocycles. The van der Waals surface area contributed by atoms with Crippen molar-refractivity contribution in [2.24, 2.45) is 0 Å². The summed E-state index contributed by atoms with van der Waals surface area (Å²) in [6.07, 6.45) is -0.430. The van der Waals surface area contributed by atoms with Crippen LogP contribution in [0.25, 0.3) is 0 Å². The van der Waals surface area contributed by atoms with E-state index in [4.69, 9.17) is 4.74 Å². The van der Waals surface area contributed by atoms with E-state index in [1.165, 1.54) is 0 Å². The number of amides is 1. The quantitative estimate of drug-likeness (QED) is 0.808. The molecule has 1 aromatic rings. The van der Waals surface area contributed by atoms with Crippen molar-refractivity contribution in [3.05, 3.63) is 30.3 Å². The van der Waals surface area contributed by atoms with Crippen LogP contribution in [-0.4, -0.2) is 31.3 Å². The summed E-state index contributed by atoms with van der Waals surface area (Å²) in [7, 11) is 0. The second kappa shape index (κ2) is 5.08. The number of para-hydroxylation sites is 1. The largest absolute Gasteiger partial charge is 0.445 e. The maximum absolute atomic E-state index is 11.3. The van der Waals surface area contributed by atoms with Gasteiger partial charge in [-0.2, -0.15) is 0 Å². The molecule has 2 unspecified atom stereocenters. The number of carbonyl (C=O) groups excluding carboxylic acids is 1. The SMILES string of the molecule is CC1CN(c2ccccc2)CC(C)OC(=O)N1. The lowest BCUT2D eigenvalue weighted by atomic mass is 10.2. The van der Waals surface area contributed by atoms with Gasteiger partial charge in [-0.05, 0) is 26.0 Å². The van der Waals surface area contributed by atoms with Crippen molar-refractivity contribution in [3.8, 4) is 0 Å². The van der Waals surface area contributed by atoms with Crippen molar-refractivity contribution < 1.29 is 9.53 Å². The lowest BCUT2D eigenvalue weighted by molar-refractivity contribution is 0.101. The van der Waals surface area contributed by atoms with Crippen molar-refractivity contribution in [3.63, 3.8) is 0 Å². The molecule has 1 aliphatic heterocycles. The molecule has 17 heavy (non-hydrogen) atoms. The molecule has 1 saturated heterocycles. The van der Waals surface area contributed by atoms with Crippen LogP contribution in [0.3, 0.4) is 0 Å². The van der Waals surface area contributed by atoms with Crippen LogP contribution in [-0.2, 0) is 4.74 Å². The molecule has 4 nitrogen and oxygen atoms in total. The third-order valence-electron chi connectivity index (χ3n) is 2.77. The first kappa shape index (κ1) is 11.8. The molecule has 0 spiro atoms. The molecule has 1 amide bonds. The minimum atomic E-state index is -0.322. The van der Waals surface area contributed by atoms with Crippen LogP contribution in [0.4, 0.5) is 10.5 Å². The number of hydrogen-bond acceptors (Lipinski definition) is 3. The first-order valence-corrected chi connectivity index (χ1v) is 5.92. The van der Waals surface area contributed by atoms with E-state index < -0.39 is 0 Å². The van der Waals surface area contributed by atoms with Gasteiger partial charge in [-0.15, -0.1) is 0 Å². The standard InChI is InChI=1S/C13H18N2O2/c1-10-8-15(12-6-4-3-5-7-12)9-11(2)17-13(16)14-10/h3-7,10-11H,8-9H2,1-2H3,(H,14,16). The van der Waals surface area contributed by atoms with Gasteiger partial charge < -0.3 is 15.0 Å². The van der Waals surface area contributed by atoms with Crippen LogP contribution in [0.5, 0.6) is 0 Å². The van der Waals surface area contributed by atoms with E-state index in [0.29, 0.717) is 0 Å². The first-order valence-electron chi connectivity index (χ1n) is 5.92. The number of nitrogens with zero attached hydrogens (tertiary/aromatic N) is 1. The van der Waals surface area contributed by atoms with Gasteiger partial charge in [0.05, 0.1) is 6.54 Å². The third kappa shape index (κ3) is 3.12. The normalized spacial score (nSPS) is 25.5. The van der Waals surface area contributed by atoms with E-state index in [-0.39, 0.29) is 18.2 Å². The average Bonchev–Trinajstić information content (AvgIpc) is 2.27. The van der Waals surface area contributed by atoms with Crippen LogP contribution in [0, 0.1) is 0 Å². The molecule has 1 fully saturated rings. The van der Waals surface area contributed by atoms with Gasteiger partial charge in [-0.25, -0.2) is 4.79 Å². The van der Waals surface area contributed by atoms with Gasteiger partial charge in [-0.3, -0.25) is 0 Å². The number of rotatable bonds is 1. The van der Waals surface area contributed by atoms with Gasteiger partial charge in [0.25, 0.3) is 0 Å². The smallest absolute Gasteiger partial charge is 0.407 e. The molecule has 0 radical (unpaired) electrons. The molecule has 4 heteroatoms. The number of ether oxygens (including phenoxy) is 1. The summed E-state index contributed by atoms with van der Waals surface area (Å²) in [5.41, 5.74) is 1.16. The molecule has 1 aromatic carbocycles. The summed E-state index contributed by atoms with van der Waals surface area (Å²) in [4.78, 5) is 13.6. The second-order valence-corrected chi connectivity index (χ2v) is 4.50. The zero-order chi connectivity index (χ0) is 12.3. The molecular formula is C13H18N2O2. The van der Waals surface area contributed by atoms with Crippen molar-refractivity contribution in [1.82, 2.24) is 5.32 Å². The highest BCUT2D eigenvalue weighted by Crippen LogP contribution is 2.16. The monoisotopic (exact) mass is 234 g/mol. The summed E-state index contributed by atoms with van der Waals surface area (Å²) < 4.78 is 5.22. The summed E-state index contributed by atoms with van der Waals surface area (Å²) in [6, 6.07) is 10.3. The fourth-order valence-corrected chi connectivity index (χ4v) is 2.07. The Morgan fingerprint density at radius 3 is 2.65 bits per heavy atom. The maximum atomic E-state index is 11.3. The van der Waals surface area contributed by atoms with Crippen molar-refractivity contribution in [2.75, 3.05) is 18.0 Å². The molecule has 1 heterocycles. The topological polar surface area (TPSA) is 41.6 Å². The highest BCUT2D eigenvalue weighted by atomic mass is 16.6. The third-order valence-corrected chi connectivity index (χ3v) is 2.77. The Kier molecular flexibility index (Phi) is 3.52. The summed E-state index contributed by atoms with van der Waals surface area (Å²) in [5.74, 6) is 0. The predicted octanol–water partition coefficient (Wildman–Crippen LogP) is 2.01. The fourth-order valence-electron chi connectivity index (χ4n) is 2.07. The van der Waals surface area contributed by atoms with E-state index >= 15 is 0 Å². The Bertz CT molecular complexity index is 364. The van der Waals surface area contributed by atoms with Gasteiger partial charge in [-0.1, -0.05) is 18.2 Å². The Morgan fingerprint density at radius 1 is 1.24 bits per heavy atom. The number of hydrogen-bond donors (Lipinski definition) is 1. The van der Waals surface area contributed by atoms with E-state index in [9.17, 15) is 4.79 Å². The summed E-state index contributed by atoms with van der Waals surface area (Å²) in [6.45, 7) is 5.41. The molecule has 1 aliphatic rings. The highest BCUT2D eigenvalue weighted by molar-refractivity contribution is 5.68. The maximum Gasteiger partial charge on any atom is 0.407 e. The van der Waals surface area contributed by atoms with Crippen molar-refractivity contribution in [2.45, 2.75) is 26.0 Å². The average molecular weight is 234 g/mol.